The van der Waals surface area contributed by atoms with Crippen LogP contribution in [0.3, 0.4) is 0 Å². The molecule has 5 nitrogen and oxygen atoms in total. The Morgan fingerprint density at radius 2 is 1.92 bits per heavy atom. The molecule has 136 valence electrons. The Hall–Kier alpha value is -2.89. The summed E-state index contributed by atoms with van der Waals surface area (Å²) in [6.07, 6.45) is 0.814. The Bertz CT molecular complexity index is 792. The van der Waals surface area contributed by atoms with Crippen LogP contribution in [0, 0.1) is 5.82 Å². The van der Waals surface area contributed by atoms with E-state index in [2.05, 4.69) is 5.32 Å². The van der Waals surface area contributed by atoms with E-state index in [4.69, 9.17) is 4.74 Å². The molecule has 2 aromatic carbocycles. The number of hydrogen-bond donors (Lipinski definition) is 1. The average Bonchev–Trinajstić information content (AvgIpc) is 2.64. The molecule has 0 radical (unpaired) electrons. The molecule has 1 aliphatic rings. The summed E-state index contributed by atoms with van der Waals surface area (Å²) in [5, 5.41) is 2.77. The number of nitrogens with zero attached hydrogens (tertiary/aromatic N) is 1. The summed E-state index contributed by atoms with van der Waals surface area (Å²) in [7, 11) is 0. The van der Waals surface area contributed by atoms with Crippen LogP contribution in [0.25, 0.3) is 0 Å². The SMILES string of the molecule is CCOC(=O)C[C@H]1c2ccccc2CCN1C(=O)Nc1ccc(F)cc1. The van der Waals surface area contributed by atoms with Crippen molar-refractivity contribution in [1.82, 2.24) is 4.90 Å². The summed E-state index contributed by atoms with van der Waals surface area (Å²) in [5.41, 5.74) is 2.60. The van der Waals surface area contributed by atoms with Gasteiger partial charge in [0.1, 0.15) is 5.82 Å². The highest BCUT2D eigenvalue weighted by Gasteiger charge is 2.32. The highest BCUT2D eigenvalue weighted by atomic mass is 19.1. The Morgan fingerprint density at radius 3 is 2.65 bits per heavy atom. The molecule has 1 aliphatic heterocycles. The zero-order valence-corrected chi connectivity index (χ0v) is 14.6. The fraction of sp³-hybridized carbons (Fsp3) is 0.300. The quantitative estimate of drug-likeness (QED) is 0.845. The van der Waals surface area contributed by atoms with Crippen molar-refractivity contribution in [2.24, 2.45) is 0 Å². The maximum absolute atomic E-state index is 13.0. The van der Waals surface area contributed by atoms with Gasteiger partial charge in [0.25, 0.3) is 0 Å². The van der Waals surface area contributed by atoms with E-state index in [-0.39, 0.29) is 30.3 Å². The van der Waals surface area contributed by atoms with Crippen LogP contribution < -0.4 is 5.32 Å². The number of halogens is 1. The second kappa shape index (κ2) is 7.99. The predicted octanol–water partition coefficient (Wildman–Crippen LogP) is 3.91. The third kappa shape index (κ3) is 4.02. The van der Waals surface area contributed by atoms with Gasteiger partial charge < -0.3 is 15.0 Å². The topological polar surface area (TPSA) is 58.6 Å². The first-order chi connectivity index (χ1) is 12.6. The maximum Gasteiger partial charge on any atom is 0.322 e. The number of nitrogens with one attached hydrogen (secondary N) is 1. The molecule has 26 heavy (non-hydrogen) atoms. The zero-order valence-electron chi connectivity index (χ0n) is 14.6. The van der Waals surface area contributed by atoms with E-state index in [1.807, 2.05) is 24.3 Å². The van der Waals surface area contributed by atoms with Gasteiger partial charge in [0.05, 0.1) is 19.1 Å². The van der Waals surface area contributed by atoms with Crippen LogP contribution in [-0.4, -0.2) is 30.1 Å². The first-order valence-corrected chi connectivity index (χ1v) is 8.65. The van der Waals surface area contributed by atoms with Crippen molar-refractivity contribution in [2.75, 3.05) is 18.5 Å². The molecule has 1 N–H and O–H groups in total. The minimum absolute atomic E-state index is 0.0989. The van der Waals surface area contributed by atoms with Crippen LogP contribution in [0.1, 0.15) is 30.5 Å². The van der Waals surface area contributed by atoms with Gasteiger partial charge in [0.2, 0.25) is 0 Å². The second-order valence-corrected chi connectivity index (χ2v) is 6.10. The lowest BCUT2D eigenvalue weighted by atomic mass is 9.91. The number of rotatable bonds is 4. The summed E-state index contributed by atoms with van der Waals surface area (Å²) in [6.45, 7) is 2.55. The molecule has 0 spiro atoms. The van der Waals surface area contributed by atoms with E-state index >= 15 is 0 Å². The maximum atomic E-state index is 13.0. The fourth-order valence-corrected chi connectivity index (χ4v) is 3.22. The number of urea groups is 1. The third-order valence-electron chi connectivity index (χ3n) is 4.43. The third-order valence-corrected chi connectivity index (χ3v) is 4.43. The number of fused-ring (bicyclic) bond motifs is 1. The number of anilines is 1. The lowest BCUT2D eigenvalue weighted by Gasteiger charge is -2.36. The lowest BCUT2D eigenvalue weighted by Crippen LogP contribution is -2.43. The van der Waals surface area contributed by atoms with Gasteiger partial charge in [-0.1, -0.05) is 24.3 Å². The molecule has 0 fully saturated rings. The molecule has 2 amide bonds. The standard InChI is InChI=1S/C20H21FN2O3/c1-2-26-19(24)13-18-17-6-4-3-5-14(17)11-12-23(18)20(25)22-16-9-7-15(21)8-10-16/h3-10,18H,2,11-13H2,1H3,(H,22,25)/t18-/m0/s1. The molecule has 6 heteroatoms. The largest absolute Gasteiger partial charge is 0.466 e. The Labute approximate surface area is 151 Å². The van der Waals surface area contributed by atoms with Gasteiger partial charge in [-0.3, -0.25) is 4.79 Å². The lowest BCUT2D eigenvalue weighted by molar-refractivity contribution is -0.144. The number of hydrogen-bond acceptors (Lipinski definition) is 3. The monoisotopic (exact) mass is 356 g/mol. The molecule has 0 saturated carbocycles. The van der Waals surface area contributed by atoms with Crippen LogP contribution in [0.5, 0.6) is 0 Å². The van der Waals surface area contributed by atoms with Gasteiger partial charge in [-0.25, -0.2) is 9.18 Å². The summed E-state index contributed by atoms with van der Waals surface area (Å²) in [4.78, 5) is 26.5. The van der Waals surface area contributed by atoms with Crippen LogP contribution in [0.4, 0.5) is 14.9 Å². The predicted molar refractivity (Wildman–Crippen MR) is 96.3 cm³/mol. The molecule has 0 aromatic heterocycles. The second-order valence-electron chi connectivity index (χ2n) is 6.10. The normalized spacial score (nSPS) is 15.9. The van der Waals surface area contributed by atoms with Crippen molar-refractivity contribution in [1.29, 1.82) is 0 Å². The molecule has 1 atom stereocenters. The Morgan fingerprint density at radius 1 is 1.19 bits per heavy atom. The molecular formula is C20H21FN2O3. The minimum atomic E-state index is -0.389. The van der Waals surface area contributed by atoms with Crippen molar-refractivity contribution >= 4 is 17.7 Å². The number of ether oxygens (including phenoxy) is 1. The van der Waals surface area contributed by atoms with Crippen LogP contribution >= 0.6 is 0 Å². The number of amides is 2. The van der Waals surface area contributed by atoms with Crippen LogP contribution in [-0.2, 0) is 16.0 Å². The Balaban J connectivity index is 1.82. The fourth-order valence-electron chi connectivity index (χ4n) is 3.22. The average molecular weight is 356 g/mol. The van der Waals surface area contributed by atoms with E-state index in [0.717, 1.165) is 11.1 Å². The van der Waals surface area contributed by atoms with Crippen molar-refractivity contribution in [2.45, 2.75) is 25.8 Å². The smallest absolute Gasteiger partial charge is 0.322 e. The number of esters is 1. The molecule has 0 unspecified atom stereocenters. The first-order valence-electron chi connectivity index (χ1n) is 8.65. The van der Waals surface area contributed by atoms with Crippen molar-refractivity contribution in [3.63, 3.8) is 0 Å². The number of carbonyl (C=O) groups excluding carboxylic acids is 2. The molecule has 2 aromatic rings. The van der Waals surface area contributed by atoms with E-state index in [1.54, 1.807) is 11.8 Å². The summed E-state index contributed by atoms with van der Waals surface area (Å²) in [5.74, 6) is -0.705. The van der Waals surface area contributed by atoms with Gasteiger partial charge in [-0.05, 0) is 48.7 Å². The van der Waals surface area contributed by atoms with E-state index in [0.29, 0.717) is 25.3 Å². The van der Waals surface area contributed by atoms with E-state index in [9.17, 15) is 14.0 Å². The van der Waals surface area contributed by atoms with Crippen LogP contribution in [0.15, 0.2) is 48.5 Å². The highest BCUT2D eigenvalue weighted by molar-refractivity contribution is 5.90. The van der Waals surface area contributed by atoms with Crippen LogP contribution in [0.2, 0.25) is 0 Å². The molecule has 0 aliphatic carbocycles. The first kappa shape index (κ1) is 17.9. The van der Waals surface area contributed by atoms with Crippen molar-refractivity contribution in [3.05, 3.63) is 65.5 Å². The Kier molecular flexibility index (Phi) is 5.51. The van der Waals surface area contributed by atoms with Gasteiger partial charge in [-0.2, -0.15) is 0 Å². The minimum Gasteiger partial charge on any atom is -0.466 e. The summed E-state index contributed by atoms with van der Waals surface area (Å²) < 4.78 is 18.1. The molecule has 1 heterocycles. The molecule has 3 rings (SSSR count). The molecular weight excluding hydrogens is 335 g/mol. The van der Waals surface area contributed by atoms with Gasteiger partial charge in [0, 0.05) is 12.2 Å². The van der Waals surface area contributed by atoms with Gasteiger partial charge >= 0.3 is 12.0 Å². The van der Waals surface area contributed by atoms with Gasteiger partial charge in [-0.15, -0.1) is 0 Å². The van der Waals surface area contributed by atoms with E-state index in [1.165, 1.54) is 24.3 Å². The van der Waals surface area contributed by atoms with Crippen molar-refractivity contribution in [3.8, 4) is 0 Å². The number of carbonyl (C=O) groups is 2. The summed E-state index contributed by atoms with van der Waals surface area (Å²) >= 11 is 0. The molecule has 0 bridgehead atoms. The zero-order chi connectivity index (χ0) is 18.5. The van der Waals surface area contributed by atoms with Gasteiger partial charge in [0.15, 0.2) is 0 Å². The highest BCUT2D eigenvalue weighted by Crippen LogP contribution is 2.33. The molecule has 0 saturated heterocycles. The number of benzene rings is 2. The summed E-state index contributed by atoms with van der Waals surface area (Å²) in [6, 6.07) is 12.7. The van der Waals surface area contributed by atoms with E-state index < -0.39 is 0 Å². The van der Waals surface area contributed by atoms with Crippen molar-refractivity contribution < 1.29 is 18.7 Å².